The molecule has 0 spiro atoms. The zero-order valence-electron chi connectivity index (χ0n) is 15.8. The van der Waals surface area contributed by atoms with E-state index >= 15 is 0 Å². The molecule has 0 aliphatic rings. The van der Waals surface area contributed by atoms with Crippen LogP contribution < -0.4 is 19.5 Å². The minimum absolute atomic E-state index is 0.142. The molecule has 0 radical (unpaired) electrons. The minimum atomic E-state index is -0.578. The highest BCUT2D eigenvalue weighted by Crippen LogP contribution is 2.20. The molecule has 0 saturated heterocycles. The summed E-state index contributed by atoms with van der Waals surface area (Å²) in [5.41, 5.74) is 1.09. The average Bonchev–Trinajstić information content (AvgIpc) is 2.67. The predicted octanol–water partition coefficient (Wildman–Crippen LogP) is 3.61. The monoisotopic (exact) mass is 357 g/mol. The van der Waals surface area contributed by atoms with E-state index in [0.717, 1.165) is 29.2 Å². The maximum atomic E-state index is 12.3. The van der Waals surface area contributed by atoms with Crippen LogP contribution in [0.1, 0.15) is 26.3 Å². The van der Waals surface area contributed by atoms with Gasteiger partial charge in [0.2, 0.25) is 0 Å². The molecule has 140 valence electrons. The van der Waals surface area contributed by atoms with Crippen LogP contribution in [0.4, 0.5) is 0 Å². The van der Waals surface area contributed by atoms with E-state index in [4.69, 9.17) is 14.2 Å². The molecule has 5 heteroatoms. The van der Waals surface area contributed by atoms with Gasteiger partial charge < -0.3 is 19.5 Å². The topological polar surface area (TPSA) is 56.8 Å². The quantitative estimate of drug-likeness (QED) is 0.745. The van der Waals surface area contributed by atoms with Crippen molar-refractivity contribution in [3.63, 3.8) is 0 Å². The van der Waals surface area contributed by atoms with Gasteiger partial charge in [0.1, 0.15) is 23.9 Å². The lowest BCUT2D eigenvalue weighted by atomic mass is 10.1. The lowest BCUT2D eigenvalue weighted by Crippen LogP contribution is -2.43. The second-order valence-corrected chi connectivity index (χ2v) is 6.12. The molecule has 0 heterocycles. The van der Waals surface area contributed by atoms with E-state index in [-0.39, 0.29) is 11.9 Å². The van der Waals surface area contributed by atoms with Gasteiger partial charge in [-0.25, -0.2) is 0 Å². The highest BCUT2D eigenvalue weighted by molar-refractivity contribution is 5.81. The van der Waals surface area contributed by atoms with E-state index < -0.39 is 6.10 Å². The number of ether oxygens (including phenoxy) is 3. The Kier molecular flexibility index (Phi) is 7.33. The Labute approximate surface area is 155 Å². The first kappa shape index (κ1) is 19.6. The molecule has 0 fully saturated rings. The van der Waals surface area contributed by atoms with Crippen LogP contribution in [0.3, 0.4) is 0 Å². The molecule has 26 heavy (non-hydrogen) atoms. The molecular formula is C21H27NO4. The Morgan fingerprint density at radius 1 is 1.04 bits per heavy atom. The maximum Gasteiger partial charge on any atom is 0.261 e. The van der Waals surface area contributed by atoms with Gasteiger partial charge in [0.25, 0.3) is 5.91 Å². The molecule has 0 unspecified atom stereocenters. The highest BCUT2D eigenvalue weighted by atomic mass is 16.5. The third kappa shape index (κ3) is 5.69. The zero-order valence-corrected chi connectivity index (χ0v) is 15.8. The van der Waals surface area contributed by atoms with Gasteiger partial charge >= 0.3 is 0 Å². The summed E-state index contributed by atoms with van der Waals surface area (Å²) >= 11 is 0. The Morgan fingerprint density at radius 3 is 2.35 bits per heavy atom. The summed E-state index contributed by atoms with van der Waals surface area (Å²) in [7, 11) is 1.62. The molecule has 2 aromatic carbocycles. The highest BCUT2D eigenvalue weighted by Gasteiger charge is 2.18. The number of aryl methyl sites for hydroxylation is 1. The van der Waals surface area contributed by atoms with Crippen LogP contribution in [0.2, 0.25) is 0 Å². The Bertz CT molecular complexity index is 699. The van der Waals surface area contributed by atoms with Crippen molar-refractivity contribution in [2.45, 2.75) is 39.3 Å². The van der Waals surface area contributed by atoms with Crippen LogP contribution in [0.15, 0.2) is 48.5 Å². The molecule has 1 amide bonds. The number of rotatable bonds is 9. The van der Waals surface area contributed by atoms with Crippen LogP contribution in [-0.2, 0) is 11.2 Å². The van der Waals surface area contributed by atoms with E-state index in [1.54, 1.807) is 14.0 Å². The van der Waals surface area contributed by atoms with Crippen molar-refractivity contribution in [1.82, 2.24) is 5.32 Å². The third-order valence-corrected chi connectivity index (χ3v) is 3.97. The van der Waals surface area contributed by atoms with Crippen molar-refractivity contribution in [1.29, 1.82) is 0 Å². The third-order valence-electron chi connectivity index (χ3n) is 3.97. The minimum Gasteiger partial charge on any atom is -0.497 e. The van der Waals surface area contributed by atoms with Crippen LogP contribution in [0.5, 0.6) is 17.2 Å². The lowest BCUT2D eigenvalue weighted by molar-refractivity contribution is -0.128. The smallest absolute Gasteiger partial charge is 0.261 e. The summed E-state index contributed by atoms with van der Waals surface area (Å²) in [5.74, 6) is 2.09. The van der Waals surface area contributed by atoms with Gasteiger partial charge in [-0.2, -0.15) is 0 Å². The molecule has 0 aliphatic heterocycles. The molecule has 0 aromatic heterocycles. The summed E-state index contributed by atoms with van der Waals surface area (Å²) in [5, 5.41) is 2.92. The first-order valence-electron chi connectivity index (χ1n) is 8.85. The Morgan fingerprint density at radius 2 is 1.69 bits per heavy atom. The van der Waals surface area contributed by atoms with Gasteiger partial charge in [-0.3, -0.25) is 4.79 Å². The maximum absolute atomic E-state index is 12.3. The number of benzene rings is 2. The number of hydrogen-bond acceptors (Lipinski definition) is 4. The first-order chi connectivity index (χ1) is 12.5. The van der Waals surface area contributed by atoms with E-state index in [1.807, 2.05) is 55.5 Å². The van der Waals surface area contributed by atoms with Crippen LogP contribution in [0, 0.1) is 0 Å². The van der Waals surface area contributed by atoms with Crippen LogP contribution in [0.25, 0.3) is 0 Å². The van der Waals surface area contributed by atoms with E-state index in [1.165, 1.54) is 0 Å². The number of nitrogens with one attached hydrogen (secondary N) is 1. The van der Waals surface area contributed by atoms with Gasteiger partial charge in [0.05, 0.1) is 13.2 Å². The fourth-order valence-electron chi connectivity index (χ4n) is 2.45. The Balaban J connectivity index is 1.81. The summed E-state index contributed by atoms with van der Waals surface area (Å²) in [4.78, 5) is 12.3. The zero-order chi connectivity index (χ0) is 18.9. The predicted molar refractivity (Wildman–Crippen MR) is 102 cm³/mol. The normalized spacial score (nSPS) is 12.8. The summed E-state index contributed by atoms with van der Waals surface area (Å²) in [6, 6.07) is 15.0. The second-order valence-electron chi connectivity index (χ2n) is 6.12. The van der Waals surface area contributed by atoms with Gasteiger partial charge in [-0.15, -0.1) is 0 Å². The molecule has 2 atom stereocenters. The number of carbonyl (C=O) groups is 1. The molecule has 2 aromatic rings. The lowest BCUT2D eigenvalue weighted by Gasteiger charge is -2.20. The van der Waals surface area contributed by atoms with E-state index in [0.29, 0.717) is 6.61 Å². The number of carbonyl (C=O) groups excluding carboxylic acids is 1. The molecule has 0 bridgehead atoms. The summed E-state index contributed by atoms with van der Waals surface area (Å²) < 4.78 is 16.6. The van der Waals surface area contributed by atoms with Crippen molar-refractivity contribution in [3.05, 3.63) is 54.1 Å². The second kappa shape index (κ2) is 9.70. The first-order valence-corrected chi connectivity index (χ1v) is 8.85. The standard InChI is InChI=1S/C21H27NO4/c1-5-17-8-6-7-9-20(17)26-16(3)21(23)22-15(2)14-25-19-12-10-18(24-4)11-13-19/h6-13,15-16H,5,14H2,1-4H3,(H,22,23)/t15-,16-/m0/s1. The molecule has 2 rings (SSSR count). The molecule has 1 N–H and O–H groups in total. The van der Waals surface area contributed by atoms with Crippen LogP contribution >= 0.6 is 0 Å². The van der Waals surface area contributed by atoms with Gasteiger partial charge in [-0.1, -0.05) is 25.1 Å². The Hall–Kier alpha value is -2.69. The van der Waals surface area contributed by atoms with Crippen molar-refractivity contribution >= 4 is 5.91 Å². The number of hydrogen-bond donors (Lipinski definition) is 1. The summed E-state index contributed by atoms with van der Waals surface area (Å²) in [6.07, 6.45) is 0.280. The molecule has 5 nitrogen and oxygen atoms in total. The fourth-order valence-corrected chi connectivity index (χ4v) is 2.45. The van der Waals surface area contributed by atoms with Crippen molar-refractivity contribution in [2.24, 2.45) is 0 Å². The van der Waals surface area contributed by atoms with Gasteiger partial charge in [-0.05, 0) is 56.2 Å². The number of para-hydroxylation sites is 1. The van der Waals surface area contributed by atoms with E-state index in [9.17, 15) is 4.79 Å². The van der Waals surface area contributed by atoms with Crippen molar-refractivity contribution in [3.8, 4) is 17.2 Å². The molecular weight excluding hydrogens is 330 g/mol. The van der Waals surface area contributed by atoms with Crippen LogP contribution in [-0.4, -0.2) is 31.8 Å². The SMILES string of the molecule is CCc1ccccc1O[C@@H](C)C(=O)N[C@@H](C)COc1ccc(OC)cc1. The van der Waals surface area contributed by atoms with E-state index in [2.05, 4.69) is 12.2 Å². The largest absolute Gasteiger partial charge is 0.497 e. The average molecular weight is 357 g/mol. The molecule has 0 aliphatic carbocycles. The fraction of sp³-hybridized carbons (Fsp3) is 0.381. The summed E-state index contributed by atoms with van der Waals surface area (Å²) in [6.45, 7) is 6.08. The van der Waals surface area contributed by atoms with Crippen molar-refractivity contribution < 1.29 is 19.0 Å². The van der Waals surface area contributed by atoms with Gasteiger partial charge in [0.15, 0.2) is 6.10 Å². The van der Waals surface area contributed by atoms with Gasteiger partial charge in [0, 0.05) is 0 Å². The number of methoxy groups -OCH3 is 1. The number of amides is 1. The van der Waals surface area contributed by atoms with Crippen molar-refractivity contribution in [2.75, 3.05) is 13.7 Å². The molecule has 0 saturated carbocycles.